The second-order valence-corrected chi connectivity index (χ2v) is 6.77. The van der Waals surface area contributed by atoms with Gasteiger partial charge in [0.05, 0.1) is 10.2 Å². The molecule has 2 aromatic carbocycles. The van der Waals surface area contributed by atoms with E-state index in [4.69, 9.17) is 4.74 Å². The van der Waals surface area contributed by atoms with Gasteiger partial charge >= 0.3 is 0 Å². The van der Waals surface area contributed by atoms with Crippen LogP contribution in [-0.2, 0) is 4.79 Å². The average Bonchev–Trinajstić information content (AvgIpc) is 2.58. The van der Waals surface area contributed by atoms with Crippen molar-refractivity contribution in [2.75, 3.05) is 6.61 Å². The van der Waals surface area contributed by atoms with E-state index in [9.17, 15) is 9.90 Å². The molecule has 132 valence electrons. The topological polar surface area (TPSA) is 70.9 Å². The number of hydrazone groups is 1. The lowest BCUT2D eigenvalue weighted by atomic mass is 10.0. The number of halogens is 1. The minimum atomic E-state index is -0.362. The van der Waals surface area contributed by atoms with Gasteiger partial charge in [0.1, 0.15) is 11.5 Å². The van der Waals surface area contributed by atoms with Crippen molar-refractivity contribution in [2.45, 2.75) is 26.7 Å². The van der Waals surface area contributed by atoms with E-state index in [0.29, 0.717) is 17.4 Å². The molecule has 0 saturated carbocycles. The number of nitrogens with one attached hydrogen (secondary N) is 1. The number of phenols is 1. The number of nitrogens with zero attached hydrogens (tertiary/aromatic N) is 1. The lowest BCUT2D eigenvalue weighted by molar-refractivity contribution is -0.123. The first kappa shape index (κ1) is 19.0. The Labute approximate surface area is 155 Å². The summed E-state index contributed by atoms with van der Waals surface area (Å²) in [7, 11) is 0. The SMILES string of the molecule is C/C(=N/NC(=O)COc1ccc(C(C)C)cc1Br)c1cccc(O)c1. The molecule has 0 aliphatic rings. The standard InChI is InChI=1S/C19H21BrN2O3/c1-12(2)14-7-8-18(17(20)10-14)25-11-19(24)22-21-13(3)15-5-4-6-16(23)9-15/h4-10,12,23H,11H2,1-3H3,(H,22,24)/b21-13-. The van der Waals surface area contributed by atoms with E-state index in [1.807, 2.05) is 18.2 Å². The number of phenolic OH excluding ortho intramolecular Hbond substituents is 1. The van der Waals surface area contributed by atoms with Gasteiger partial charge in [-0.1, -0.05) is 32.0 Å². The summed E-state index contributed by atoms with van der Waals surface area (Å²) < 4.78 is 6.33. The number of aromatic hydroxyl groups is 1. The van der Waals surface area contributed by atoms with E-state index in [0.717, 1.165) is 10.0 Å². The largest absolute Gasteiger partial charge is 0.508 e. The minimum Gasteiger partial charge on any atom is -0.508 e. The number of hydrogen-bond donors (Lipinski definition) is 2. The van der Waals surface area contributed by atoms with E-state index in [1.54, 1.807) is 31.2 Å². The summed E-state index contributed by atoms with van der Waals surface area (Å²) in [5.41, 5.74) is 4.96. The molecule has 0 heterocycles. The van der Waals surface area contributed by atoms with Gasteiger partial charge in [-0.2, -0.15) is 5.10 Å². The maximum Gasteiger partial charge on any atom is 0.277 e. The van der Waals surface area contributed by atoms with E-state index in [-0.39, 0.29) is 18.3 Å². The summed E-state index contributed by atoms with van der Waals surface area (Å²) >= 11 is 3.46. The molecule has 0 bridgehead atoms. The molecule has 0 unspecified atom stereocenters. The Bertz CT molecular complexity index is 788. The van der Waals surface area contributed by atoms with Crippen molar-refractivity contribution in [1.82, 2.24) is 5.43 Å². The zero-order valence-corrected chi connectivity index (χ0v) is 16.0. The third-order valence-corrected chi connectivity index (χ3v) is 4.21. The van der Waals surface area contributed by atoms with Gasteiger partial charge in [0, 0.05) is 5.56 Å². The summed E-state index contributed by atoms with van der Waals surface area (Å²) in [5, 5.41) is 13.5. The van der Waals surface area contributed by atoms with Crippen molar-refractivity contribution >= 4 is 27.5 Å². The number of benzene rings is 2. The highest BCUT2D eigenvalue weighted by atomic mass is 79.9. The van der Waals surface area contributed by atoms with Gasteiger partial charge in [0.25, 0.3) is 5.91 Å². The zero-order valence-electron chi connectivity index (χ0n) is 14.4. The van der Waals surface area contributed by atoms with Gasteiger partial charge in [-0.25, -0.2) is 5.43 Å². The molecule has 2 aromatic rings. The molecule has 0 aliphatic heterocycles. The van der Waals surface area contributed by atoms with Crippen LogP contribution in [0.2, 0.25) is 0 Å². The Hall–Kier alpha value is -2.34. The van der Waals surface area contributed by atoms with Crippen LogP contribution in [0.3, 0.4) is 0 Å². The van der Waals surface area contributed by atoms with Crippen molar-refractivity contribution in [3.63, 3.8) is 0 Å². The first-order valence-corrected chi connectivity index (χ1v) is 8.71. The van der Waals surface area contributed by atoms with Crippen LogP contribution in [0.5, 0.6) is 11.5 Å². The number of amides is 1. The fourth-order valence-corrected chi connectivity index (χ4v) is 2.62. The second kappa shape index (κ2) is 8.67. The summed E-state index contributed by atoms with van der Waals surface area (Å²) in [6.45, 7) is 5.83. The number of carbonyl (C=O) groups excluding carboxylic acids is 1. The lowest BCUT2D eigenvalue weighted by Gasteiger charge is -2.11. The molecule has 0 spiro atoms. The Morgan fingerprint density at radius 3 is 2.68 bits per heavy atom. The predicted molar refractivity (Wildman–Crippen MR) is 102 cm³/mol. The minimum absolute atomic E-state index is 0.142. The van der Waals surface area contributed by atoms with Crippen molar-refractivity contribution in [3.05, 3.63) is 58.1 Å². The average molecular weight is 405 g/mol. The first-order chi connectivity index (χ1) is 11.9. The molecule has 0 fully saturated rings. The summed E-state index contributed by atoms with van der Waals surface area (Å²) in [6, 6.07) is 12.5. The molecule has 2 rings (SSSR count). The van der Waals surface area contributed by atoms with Crippen LogP contribution in [0.15, 0.2) is 52.0 Å². The van der Waals surface area contributed by atoms with Crippen molar-refractivity contribution in [2.24, 2.45) is 5.10 Å². The highest BCUT2D eigenvalue weighted by Crippen LogP contribution is 2.28. The van der Waals surface area contributed by atoms with E-state index >= 15 is 0 Å². The molecular weight excluding hydrogens is 384 g/mol. The number of rotatable bonds is 6. The van der Waals surface area contributed by atoms with Gasteiger partial charge in [0.2, 0.25) is 0 Å². The Kier molecular flexibility index (Phi) is 6.58. The van der Waals surface area contributed by atoms with Gasteiger partial charge in [-0.3, -0.25) is 4.79 Å². The molecule has 5 nitrogen and oxygen atoms in total. The molecule has 0 atom stereocenters. The fraction of sp³-hybridized carbons (Fsp3) is 0.263. The third kappa shape index (κ3) is 5.60. The number of ether oxygens (including phenoxy) is 1. The summed E-state index contributed by atoms with van der Waals surface area (Å²) in [5.74, 6) is 0.812. The molecule has 0 saturated heterocycles. The molecule has 0 radical (unpaired) electrons. The molecular formula is C19H21BrN2O3. The van der Waals surface area contributed by atoms with Crippen molar-refractivity contribution < 1.29 is 14.6 Å². The third-order valence-electron chi connectivity index (χ3n) is 3.59. The van der Waals surface area contributed by atoms with E-state index in [2.05, 4.69) is 40.3 Å². The number of carbonyl (C=O) groups is 1. The maximum absolute atomic E-state index is 11.9. The smallest absolute Gasteiger partial charge is 0.277 e. The number of hydrogen-bond acceptors (Lipinski definition) is 4. The lowest BCUT2D eigenvalue weighted by Crippen LogP contribution is -2.25. The van der Waals surface area contributed by atoms with Crippen LogP contribution in [0.25, 0.3) is 0 Å². The highest BCUT2D eigenvalue weighted by Gasteiger charge is 2.08. The molecule has 1 amide bonds. The fourth-order valence-electron chi connectivity index (χ4n) is 2.11. The van der Waals surface area contributed by atoms with Crippen LogP contribution in [0, 0.1) is 0 Å². The molecule has 6 heteroatoms. The van der Waals surface area contributed by atoms with Crippen molar-refractivity contribution in [1.29, 1.82) is 0 Å². The molecule has 0 aromatic heterocycles. The van der Waals surface area contributed by atoms with E-state index < -0.39 is 0 Å². The van der Waals surface area contributed by atoms with Crippen LogP contribution in [0.4, 0.5) is 0 Å². The van der Waals surface area contributed by atoms with Crippen LogP contribution < -0.4 is 10.2 Å². The quantitative estimate of drug-likeness (QED) is 0.559. The molecule has 0 aliphatic carbocycles. The molecule has 2 N–H and O–H groups in total. The summed E-state index contributed by atoms with van der Waals surface area (Å²) in [4.78, 5) is 11.9. The Morgan fingerprint density at radius 2 is 2.04 bits per heavy atom. The van der Waals surface area contributed by atoms with Gasteiger partial charge in [-0.15, -0.1) is 0 Å². The predicted octanol–water partition coefficient (Wildman–Crippen LogP) is 4.20. The van der Waals surface area contributed by atoms with Gasteiger partial charge in [-0.05, 0) is 58.6 Å². The Morgan fingerprint density at radius 1 is 1.28 bits per heavy atom. The van der Waals surface area contributed by atoms with Crippen LogP contribution in [0.1, 0.15) is 37.8 Å². The molecule has 25 heavy (non-hydrogen) atoms. The first-order valence-electron chi connectivity index (χ1n) is 7.91. The Balaban J connectivity index is 1.91. The van der Waals surface area contributed by atoms with Crippen LogP contribution >= 0.6 is 15.9 Å². The summed E-state index contributed by atoms with van der Waals surface area (Å²) in [6.07, 6.45) is 0. The van der Waals surface area contributed by atoms with E-state index in [1.165, 1.54) is 5.56 Å². The highest BCUT2D eigenvalue weighted by molar-refractivity contribution is 9.10. The van der Waals surface area contributed by atoms with Crippen LogP contribution in [-0.4, -0.2) is 23.3 Å². The van der Waals surface area contributed by atoms with Gasteiger partial charge < -0.3 is 9.84 Å². The van der Waals surface area contributed by atoms with Gasteiger partial charge in [0.15, 0.2) is 6.61 Å². The normalized spacial score (nSPS) is 11.5. The maximum atomic E-state index is 11.9. The second-order valence-electron chi connectivity index (χ2n) is 5.92. The monoisotopic (exact) mass is 404 g/mol. The van der Waals surface area contributed by atoms with Crippen molar-refractivity contribution in [3.8, 4) is 11.5 Å². The zero-order chi connectivity index (χ0) is 18.4.